The first-order valence-corrected chi connectivity index (χ1v) is 6.23. The minimum atomic E-state index is -1.35. The van der Waals surface area contributed by atoms with Gasteiger partial charge < -0.3 is 5.32 Å². The van der Waals surface area contributed by atoms with E-state index in [9.17, 15) is 14.0 Å². The summed E-state index contributed by atoms with van der Waals surface area (Å²) in [4.78, 5) is 23.4. The molecule has 0 aromatic heterocycles. The highest BCUT2D eigenvalue weighted by Crippen LogP contribution is 2.06. The predicted octanol–water partition coefficient (Wildman–Crippen LogP) is 2.07. The third kappa shape index (κ3) is 4.65. The number of carbonyl (C=O) groups excluding carboxylic acids is 2. The molecule has 1 aromatic rings. The molecule has 1 atom stereocenters. The maximum atomic E-state index is 12.7. The van der Waals surface area contributed by atoms with Crippen LogP contribution in [0.5, 0.6) is 0 Å². The normalized spacial score (nSPS) is 11.8. The number of rotatable bonds is 6. The molecule has 104 valence electrons. The molecular weight excluding hydrogens is 259 g/mol. The lowest BCUT2D eigenvalue weighted by molar-refractivity contribution is -0.129. The number of carbonyl (C=O) groups is 2. The Morgan fingerprint density at radius 2 is 2.05 bits per heavy atom. The van der Waals surface area contributed by atoms with Gasteiger partial charge in [0, 0.05) is 6.54 Å². The van der Waals surface area contributed by atoms with Gasteiger partial charge in [-0.25, -0.2) is 4.39 Å². The Hall–Kier alpha value is -2.48. The van der Waals surface area contributed by atoms with Gasteiger partial charge in [-0.1, -0.05) is 25.1 Å². The largest absolute Gasteiger partial charge is 0.355 e. The Balaban J connectivity index is 2.70. The molecule has 0 spiro atoms. The first-order chi connectivity index (χ1) is 9.58. The van der Waals surface area contributed by atoms with Crippen molar-refractivity contribution < 1.29 is 14.0 Å². The zero-order valence-corrected chi connectivity index (χ0v) is 11.1. The summed E-state index contributed by atoms with van der Waals surface area (Å²) in [5.41, 5.74) is 0.616. The van der Waals surface area contributed by atoms with E-state index in [1.807, 2.05) is 6.92 Å². The second-order valence-electron chi connectivity index (χ2n) is 4.14. The summed E-state index contributed by atoms with van der Waals surface area (Å²) < 4.78 is 12.7. The molecule has 1 amide bonds. The average Bonchev–Trinajstić information content (AvgIpc) is 2.45. The van der Waals surface area contributed by atoms with Crippen molar-refractivity contribution in [1.82, 2.24) is 5.32 Å². The van der Waals surface area contributed by atoms with E-state index >= 15 is 0 Å². The molecule has 20 heavy (non-hydrogen) atoms. The Kier molecular flexibility index (Phi) is 6.11. The van der Waals surface area contributed by atoms with Crippen molar-refractivity contribution in [2.75, 3.05) is 6.54 Å². The van der Waals surface area contributed by atoms with Gasteiger partial charge in [0.25, 0.3) is 0 Å². The quantitative estimate of drug-likeness (QED) is 0.637. The van der Waals surface area contributed by atoms with Crippen molar-refractivity contribution in [2.24, 2.45) is 5.92 Å². The van der Waals surface area contributed by atoms with Crippen LogP contribution < -0.4 is 5.32 Å². The van der Waals surface area contributed by atoms with Crippen LogP contribution >= 0.6 is 0 Å². The Morgan fingerprint density at radius 3 is 2.60 bits per heavy atom. The van der Waals surface area contributed by atoms with Gasteiger partial charge in [-0.15, -0.1) is 0 Å². The highest BCUT2D eigenvalue weighted by Gasteiger charge is 2.23. The van der Waals surface area contributed by atoms with Gasteiger partial charge in [0.05, 0.1) is 6.07 Å². The van der Waals surface area contributed by atoms with E-state index in [1.54, 1.807) is 6.07 Å². The van der Waals surface area contributed by atoms with Crippen molar-refractivity contribution in [3.05, 3.63) is 41.7 Å². The number of hydrogen-bond acceptors (Lipinski definition) is 3. The van der Waals surface area contributed by atoms with Crippen LogP contribution in [0.1, 0.15) is 18.9 Å². The van der Waals surface area contributed by atoms with Crippen LogP contribution in [0.15, 0.2) is 30.3 Å². The maximum Gasteiger partial charge on any atom is 0.245 e. The lowest BCUT2D eigenvalue weighted by atomic mass is 10.0. The molecular formula is C15H15FN2O2. The van der Waals surface area contributed by atoms with E-state index < -0.39 is 17.6 Å². The summed E-state index contributed by atoms with van der Waals surface area (Å²) in [6.07, 6.45) is 3.33. The van der Waals surface area contributed by atoms with Crippen molar-refractivity contribution in [3.63, 3.8) is 0 Å². The van der Waals surface area contributed by atoms with E-state index in [1.165, 1.54) is 30.3 Å². The fourth-order valence-electron chi connectivity index (χ4n) is 1.45. The smallest absolute Gasteiger partial charge is 0.245 e. The molecule has 0 aliphatic rings. The summed E-state index contributed by atoms with van der Waals surface area (Å²) in [6.45, 7) is 2.30. The van der Waals surface area contributed by atoms with Crippen LogP contribution in [-0.4, -0.2) is 18.2 Å². The van der Waals surface area contributed by atoms with Gasteiger partial charge in [0.1, 0.15) is 5.82 Å². The number of amides is 1. The fraction of sp³-hybridized carbons (Fsp3) is 0.267. The van der Waals surface area contributed by atoms with Gasteiger partial charge >= 0.3 is 0 Å². The van der Waals surface area contributed by atoms with Crippen LogP contribution in [0.2, 0.25) is 0 Å². The first kappa shape index (κ1) is 15.6. The Morgan fingerprint density at radius 1 is 1.40 bits per heavy atom. The lowest BCUT2D eigenvalue weighted by Gasteiger charge is -2.06. The Labute approximate surface area is 116 Å². The van der Waals surface area contributed by atoms with E-state index in [2.05, 4.69) is 5.32 Å². The third-order valence-corrected chi connectivity index (χ3v) is 2.54. The molecule has 0 saturated heterocycles. The second-order valence-corrected chi connectivity index (χ2v) is 4.14. The second kappa shape index (κ2) is 7.85. The monoisotopic (exact) mass is 274 g/mol. The number of ketones is 1. The molecule has 0 fully saturated rings. The minimum Gasteiger partial charge on any atom is -0.355 e. The van der Waals surface area contributed by atoms with Crippen molar-refractivity contribution in [3.8, 4) is 6.07 Å². The van der Waals surface area contributed by atoms with Gasteiger partial charge in [-0.2, -0.15) is 5.26 Å². The maximum absolute atomic E-state index is 12.7. The van der Waals surface area contributed by atoms with Gasteiger partial charge in [-0.05, 0) is 30.2 Å². The summed E-state index contributed by atoms with van der Waals surface area (Å²) in [6, 6.07) is 7.21. The van der Waals surface area contributed by atoms with Crippen LogP contribution in [-0.2, 0) is 9.59 Å². The van der Waals surface area contributed by atoms with Crippen molar-refractivity contribution >= 4 is 17.8 Å². The fourth-order valence-corrected chi connectivity index (χ4v) is 1.45. The molecule has 0 saturated carbocycles. The Bertz CT molecular complexity index is 544. The molecule has 0 radical (unpaired) electrons. The van der Waals surface area contributed by atoms with Crippen molar-refractivity contribution in [2.45, 2.75) is 13.3 Å². The van der Waals surface area contributed by atoms with Gasteiger partial charge in [-0.3, -0.25) is 9.59 Å². The van der Waals surface area contributed by atoms with Crippen LogP contribution in [0.3, 0.4) is 0 Å². The third-order valence-electron chi connectivity index (χ3n) is 2.54. The molecule has 0 heterocycles. The predicted molar refractivity (Wildman–Crippen MR) is 72.8 cm³/mol. The number of nitrogens with zero attached hydrogens (tertiary/aromatic N) is 1. The highest BCUT2D eigenvalue weighted by molar-refractivity contribution is 6.10. The van der Waals surface area contributed by atoms with Crippen LogP contribution in [0.25, 0.3) is 6.08 Å². The van der Waals surface area contributed by atoms with Crippen molar-refractivity contribution in [1.29, 1.82) is 5.26 Å². The van der Waals surface area contributed by atoms with E-state index in [0.717, 1.165) is 12.5 Å². The number of nitriles is 1. The van der Waals surface area contributed by atoms with Gasteiger partial charge in [0.2, 0.25) is 5.91 Å². The molecule has 1 rings (SSSR count). The number of nitrogens with one attached hydrogen (secondary N) is 1. The van der Waals surface area contributed by atoms with E-state index in [4.69, 9.17) is 5.26 Å². The number of hydrogen-bond donors (Lipinski definition) is 1. The topological polar surface area (TPSA) is 70.0 Å². The molecule has 5 heteroatoms. The summed E-state index contributed by atoms with van der Waals surface area (Å²) in [5.74, 6) is -2.91. The number of benzene rings is 1. The summed E-state index contributed by atoms with van der Waals surface area (Å²) in [7, 11) is 0. The molecule has 0 aliphatic carbocycles. The first-order valence-electron chi connectivity index (χ1n) is 6.23. The lowest BCUT2D eigenvalue weighted by Crippen LogP contribution is -2.34. The van der Waals surface area contributed by atoms with E-state index in [0.29, 0.717) is 12.1 Å². The highest BCUT2D eigenvalue weighted by atomic mass is 19.1. The van der Waals surface area contributed by atoms with Gasteiger partial charge in [0.15, 0.2) is 11.7 Å². The minimum absolute atomic E-state index is 0.373. The SMILES string of the molecule is CCCNC(=O)C(C#N)C(=O)C=Cc1ccc(F)cc1. The molecule has 1 N–H and O–H groups in total. The molecule has 0 aliphatic heterocycles. The number of halogens is 1. The molecule has 1 aromatic carbocycles. The van der Waals surface area contributed by atoms with Crippen LogP contribution in [0, 0.1) is 23.1 Å². The molecule has 1 unspecified atom stereocenters. The summed E-state index contributed by atoms with van der Waals surface area (Å²) >= 11 is 0. The average molecular weight is 274 g/mol. The number of allylic oxidation sites excluding steroid dienone is 1. The van der Waals surface area contributed by atoms with E-state index in [-0.39, 0.29) is 5.82 Å². The standard InChI is InChI=1S/C15H15FN2O2/c1-2-9-18-15(20)13(10-17)14(19)8-5-11-3-6-12(16)7-4-11/h3-8,13H,2,9H2,1H3,(H,18,20). The zero-order valence-electron chi connectivity index (χ0n) is 11.1. The van der Waals surface area contributed by atoms with Crippen LogP contribution in [0.4, 0.5) is 4.39 Å². The zero-order chi connectivity index (χ0) is 15.0. The summed E-state index contributed by atoms with van der Waals surface area (Å²) in [5, 5.41) is 11.4. The molecule has 4 nitrogen and oxygen atoms in total. The molecule has 0 bridgehead atoms.